The minimum Gasteiger partial charge on any atom is -0.372 e. The number of halogens is 3. The maximum atomic E-state index is 13.1. The summed E-state index contributed by atoms with van der Waals surface area (Å²) in [7, 11) is 0. The summed E-state index contributed by atoms with van der Waals surface area (Å²) in [5.41, 5.74) is 2.52. The topological polar surface area (TPSA) is 61.7 Å². The van der Waals surface area contributed by atoms with E-state index in [4.69, 9.17) is 34.8 Å². The Morgan fingerprint density at radius 2 is 1.17 bits per heavy atom. The van der Waals surface area contributed by atoms with Crippen molar-refractivity contribution in [1.82, 2.24) is 5.43 Å². The number of amides is 1. The van der Waals surface area contributed by atoms with Gasteiger partial charge >= 0.3 is 0 Å². The van der Waals surface area contributed by atoms with Gasteiger partial charge in [0, 0.05) is 15.1 Å². The summed E-state index contributed by atoms with van der Waals surface area (Å²) in [6, 6.07) is 19.8. The summed E-state index contributed by atoms with van der Waals surface area (Å²) in [4.78, 5) is 13.1. The molecule has 0 saturated carbocycles. The Bertz CT molecular complexity index is 986. The number of hydrogen-bond acceptors (Lipinski definition) is 3. The molecule has 0 saturated heterocycles. The molecule has 0 bridgehead atoms. The number of hydrogen-bond donors (Lipinski definition) is 2. The van der Waals surface area contributed by atoms with Crippen LogP contribution in [0.4, 0.5) is 0 Å². The lowest BCUT2D eigenvalue weighted by Gasteiger charge is -2.27. The van der Waals surface area contributed by atoms with E-state index in [1.165, 1.54) is 0 Å². The summed E-state index contributed by atoms with van der Waals surface area (Å²) in [6.07, 6.45) is 0. The first kappa shape index (κ1) is 21.3. The van der Waals surface area contributed by atoms with E-state index in [9.17, 15) is 9.90 Å². The molecule has 0 aliphatic heterocycles. The van der Waals surface area contributed by atoms with Gasteiger partial charge in [0.2, 0.25) is 0 Å². The van der Waals surface area contributed by atoms with Crippen LogP contribution in [0, 0.1) is 0 Å². The Morgan fingerprint density at radius 3 is 1.59 bits per heavy atom. The lowest BCUT2D eigenvalue weighted by Crippen LogP contribution is -2.43. The molecule has 0 heterocycles. The van der Waals surface area contributed by atoms with Crippen molar-refractivity contribution in [2.45, 2.75) is 12.5 Å². The molecular formula is C22H17Cl3N2O2. The summed E-state index contributed by atoms with van der Waals surface area (Å²) < 4.78 is 0. The minimum atomic E-state index is -1.99. The number of carbonyl (C=O) groups is 1. The van der Waals surface area contributed by atoms with Gasteiger partial charge in [-0.15, -0.1) is 0 Å². The van der Waals surface area contributed by atoms with E-state index in [-0.39, 0.29) is 0 Å². The molecule has 3 rings (SSSR count). The predicted octanol–water partition coefficient (Wildman–Crippen LogP) is 5.42. The van der Waals surface area contributed by atoms with Crippen molar-refractivity contribution >= 4 is 46.4 Å². The number of benzene rings is 3. The number of carbonyl (C=O) groups excluding carboxylic acids is 1. The molecule has 0 unspecified atom stereocenters. The molecule has 0 aromatic heterocycles. The van der Waals surface area contributed by atoms with Gasteiger partial charge in [0.25, 0.3) is 5.91 Å². The van der Waals surface area contributed by atoms with Crippen LogP contribution in [0.3, 0.4) is 0 Å². The standard InChI is InChI=1S/C22H17Cl3N2O2/c1-14(15-2-8-18(23)9-3-15)26-27-21(28)22(29,16-4-10-19(24)11-5-16)17-6-12-20(25)13-7-17/h2-13,29H,1H3,(H,27,28). The first-order chi connectivity index (χ1) is 13.8. The molecule has 0 spiro atoms. The molecule has 0 aliphatic carbocycles. The number of nitrogens with zero attached hydrogens (tertiary/aromatic N) is 1. The molecule has 0 fully saturated rings. The van der Waals surface area contributed by atoms with Crippen LogP contribution in [0.25, 0.3) is 0 Å². The highest BCUT2D eigenvalue weighted by Crippen LogP contribution is 2.31. The van der Waals surface area contributed by atoms with Gasteiger partial charge in [-0.3, -0.25) is 4.79 Å². The second kappa shape index (κ2) is 8.97. The third-order valence-corrected chi connectivity index (χ3v) is 5.20. The fourth-order valence-electron chi connectivity index (χ4n) is 2.78. The number of nitrogens with one attached hydrogen (secondary N) is 1. The van der Waals surface area contributed by atoms with Crippen molar-refractivity contribution in [3.8, 4) is 0 Å². The third kappa shape index (κ3) is 4.80. The number of hydrazone groups is 1. The average Bonchev–Trinajstić information content (AvgIpc) is 2.72. The highest BCUT2D eigenvalue weighted by atomic mass is 35.5. The van der Waals surface area contributed by atoms with Gasteiger partial charge in [0.1, 0.15) is 0 Å². The fraction of sp³-hybridized carbons (Fsp3) is 0.0909. The van der Waals surface area contributed by atoms with E-state index in [2.05, 4.69) is 10.5 Å². The Labute approximate surface area is 183 Å². The van der Waals surface area contributed by atoms with Crippen LogP contribution >= 0.6 is 34.8 Å². The van der Waals surface area contributed by atoms with Gasteiger partial charge in [-0.05, 0) is 60.0 Å². The third-order valence-electron chi connectivity index (χ3n) is 4.44. The second-order valence-electron chi connectivity index (χ2n) is 6.37. The van der Waals surface area contributed by atoms with Crippen LogP contribution in [0.5, 0.6) is 0 Å². The van der Waals surface area contributed by atoms with E-state index in [0.717, 1.165) is 5.56 Å². The van der Waals surface area contributed by atoms with Crippen LogP contribution in [-0.4, -0.2) is 16.7 Å². The van der Waals surface area contributed by atoms with Gasteiger partial charge < -0.3 is 5.11 Å². The van der Waals surface area contributed by atoms with Crippen LogP contribution in [0.1, 0.15) is 23.6 Å². The summed E-state index contributed by atoms with van der Waals surface area (Å²) in [5, 5.41) is 17.2. The van der Waals surface area contributed by atoms with Gasteiger partial charge in [0.05, 0.1) is 5.71 Å². The quantitative estimate of drug-likeness (QED) is 0.405. The largest absolute Gasteiger partial charge is 0.372 e. The molecule has 4 nitrogen and oxygen atoms in total. The van der Waals surface area contributed by atoms with Gasteiger partial charge in [0.15, 0.2) is 5.60 Å². The summed E-state index contributed by atoms with van der Waals surface area (Å²) in [5.74, 6) is -0.713. The van der Waals surface area contributed by atoms with E-state index in [1.54, 1.807) is 79.7 Å². The summed E-state index contributed by atoms with van der Waals surface area (Å²) in [6.45, 7) is 1.74. The van der Waals surface area contributed by atoms with Crippen molar-refractivity contribution in [3.05, 3.63) is 105 Å². The van der Waals surface area contributed by atoms with Gasteiger partial charge in [-0.2, -0.15) is 5.10 Å². The van der Waals surface area contributed by atoms with Crippen molar-refractivity contribution in [2.75, 3.05) is 0 Å². The molecule has 0 aliphatic rings. The molecule has 1 amide bonds. The zero-order valence-corrected chi connectivity index (χ0v) is 17.6. The number of rotatable bonds is 5. The van der Waals surface area contributed by atoms with Gasteiger partial charge in [-0.1, -0.05) is 71.2 Å². The first-order valence-corrected chi connectivity index (χ1v) is 9.79. The van der Waals surface area contributed by atoms with E-state index in [1.807, 2.05) is 0 Å². The lowest BCUT2D eigenvalue weighted by atomic mass is 9.85. The number of aliphatic hydroxyl groups is 1. The molecule has 148 valence electrons. The molecule has 3 aromatic carbocycles. The molecule has 29 heavy (non-hydrogen) atoms. The fourth-order valence-corrected chi connectivity index (χ4v) is 3.16. The van der Waals surface area contributed by atoms with Crippen molar-refractivity contribution in [2.24, 2.45) is 5.10 Å². The maximum Gasteiger partial charge on any atom is 0.281 e. The normalized spacial score (nSPS) is 12.0. The minimum absolute atomic E-state index is 0.348. The Balaban J connectivity index is 1.96. The van der Waals surface area contributed by atoms with Crippen molar-refractivity contribution in [3.63, 3.8) is 0 Å². The second-order valence-corrected chi connectivity index (χ2v) is 7.68. The zero-order chi connectivity index (χ0) is 21.0. The lowest BCUT2D eigenvalue weighted by molar-refractivity contribution is -0.136. The first-order valence-electron chi connectivity index (χ1n) is 8.66. The van der Waals surface area contributed by atoms with Crippen molar-refractivity contribution < 1.29 is 9.90 Å². The van der Waals surface area contributed by atoms with Crippen LogP contribution in [-0.2, 0) is 10.4 Å². The highest BCUT2D eigenvalue weighted by Gasteiger charge is 2.40. The molecule has 3 aromatic rings. The SMILES string of the molecule is CC(=NNC(=O)C(O)(c1ccc(Cl)cc1)c1ccc(Cl)cc1)c1ccc(Cl)cc1. The highest BCUT2D eigenvalue weighted by molar-refractivity contribution is 6.31. The van der Waals surface area contributed by atoms with E-state index < -0.39 is 11.5 Å². The average molecular weight is 448 g/mol. The Hall–Kier alpha value is -2.37. The molecule has 7 heteroatoms. The van der Waals surface area contributed by atoms with Gasteiger partial charge in [-0.25, -0.2) is 5.43 Å². The summed E-state index contributed by atoms with van der Waals surface area (Å²) >= 11 is 17.8. The zero-order valence-electron chi connectivity index (χ0n) is 15.4. The van der Waals surface area contributed by atoms with E-state index >= 15 is 0 Å². The Kier molecular flexibility index (Phi) is 6.60. The van der Waals surface area contributed by atoms with Crippen molar-refractivity contribution in [1.29, 1.82) is 0 Å². The molecule has 2 N–H and O–H groups in total. The van der Waals surface area contributed by atoms with E-state index in [0.29, 0.717) is 31.9 Å². The van der Waals surface area contributed by atoms with Crippen LogP contribution in [0.2, 0.25) is 15.1 Å². The smallest absolute Gasteiger partial charge is 0.281 e. The predicted molar refractivity (Wildman–Crippen MR) is 118 cm³/mol. The maximum absolute atomic E-state index is 13.1. The molecule has 0 radical (unpaired) electrons. The van der Waals surface area contributed by atoms with Crippen LogP contribution < -0.4 is 5.43 Å². The molecule has 0 atom stereocenters. The van der Waals surface area contributed by atoms with Crippen LogP contribution in [0.15, 0.2) is 77.9 Å². The Morgan fingerprint density at radius 1 is 0.793 bits per heavy atom. The monoisotopic (exact) mass is 446 g/mol. The molecular weight excluding hydrogens is 431 g/mol.